The third-order valence-electron chi connectivity index (χ3n) is 6.80. The average Bonchev–Trinajstić information content (AvgIpc) is 2.86. The Hall–Kier alpha value is -3.50. The highest BCUT2D eigenvalue weighted by Crippen LogP contribution is 2.47. The summed E-state index contributed by atoms with van der Waals surface area (Å²) >= 11 is 0. The van der Waals surface area contributed by atoms with Gasteiger partial charge in [-0.25, -0.2) is 0 Å². The Morgan fingerprint density at radius 2 is 1.62 bits per heavy atom. The van der Waals surface area contributed by atoms with E-state index in [9.17, 15) is 10.2 Å². The van der Waals surface area contributed by atoms with Crippen LogP contribution in [0.1, 0.15) is 38.2 Å². The van der Waals surface area contributed by atoms with E-state index in [4.69, 9.17) is 4.74 Å². The van der Waals surface area contributed by atoms with Crippen molar-refractivity contribution in [1.29, 1.82) is 0 Å². The minimum Gasteiger partial charge on any atom is -0.508 e. The molecule has 174 valence electrons. The second-order valence-electron chi connectivity index (χ2n) is 9.08. The van der Waals surface area contributed by atoms with Gasteiger partial charge in [0.25, 0.3) is 0 Å². The first kappa shape index (κ1) is 22.3. The Morgan fingerprint density at radius 3 is 2.38 bits per heavy atom. The molecule has 2 N–H and O–H groups in total. The van der Waals surface area contributed by atoms with Crippen molar-refractivity contribution in [3.8, 4) is 28.4 Å². The zero-order valence-electron chi connectivity index (χ0n) is 19.6. The van der Waals surface area contributed by atoms with Crippen molar-refractivity contribution in [3.63, 3.8) is 0 Å². The van der Waals surface area contributed by atoms with Gasteiger partial charge >= 0.3 is 0 Å². The molecule has 0 bridgehead atoms. The van der Waals surface area contributed by atoms with E-state index in [2.05, 4.69) is 24.0 Å². The molecule has 4 nitrogen and oxygen atoms in total. The van der Waals surface area contributed by atoms with Crippen LogP contribution in [0.2, 0.25) is 0 Å². The van der Waals surface area contributed by atoms with E-state index >= 15 is 0 Å². The smallest absolute Gasteiger partial charge is 0.190 e. The number of para-hydroxylation sites is 1. The molecule has 0 amide bonds. The predicted octanol–water partition coefficient (Wildman–Crippen LogP) is 7.05. The topological polar surface area (TPSA) is 52.9 Å². The lowest BCUT2D eigenvalue weighted by Crippen LogP contribution is -2.54. The fourth-order valence-electron chi connectivity index (χ4n) is 5.32. The van der Waals surface area contributed by atoms with Gasteiger partial charge in [0, 0.05) is 25.1 Å². The highest BCUT2D eigenvalue weighted by atomic mass is 16.5. The Bertz CT molecular complexity index is 1270. The Kier molecular flexibility index (Phi) is 6.16. The minimum atomic E-state index is -0.653. The van der Waals surface area contributed by atoms with Crippen molar-refractivity contribution >= 4 is 10.8 Å². The molecule has 5 rings (SSSR count). The first-order valence-corrected chi connectivity index (χ1v) is 12.2. The standard InChI is InChI=1S/C30H31NO3/c1-2-19-31-20-7-6-18-30(31,34-26-8-4-3-5-9-26)29-27(22-10-13-24(32)14-11-22)16-12-23-21-25(33)15-17-28(23)29/h3-5,8-17,21,32-33H,2,6-7,18-20H2,1H3. The van der Waals surface area contributed by atoms with Gasteiger partial charge in [-0.3, -0.25) is 4.90 Å². The van der Waals surface area contributed by atoms with Gasteiger partial charge in [-0.15, -0.1) is 0 Å². The van der Waals surface area contributed by atoms with Crippen molar-refractivity contribution in [2.75, 3.05) is 13.1 Å². The Balaban J connectivity index is 1.82. The summed E-state index contributed by atoms with van der Waals surface area (Å²) in [6.07, 6.45) is 4.10. The maximum atomic E-state index is 10.2. The molecule has 1 saturated heterocycles. The summed E-state index contributed by atoms with van der Waals surface area (Å²) in [5.74, 6) is 1.34. The summed E-state index contributed by atoms with van der Waals surface area (Å²) in [4.78, 5) is 2.50. The molecule has 1 heterocycles. The van der Waals surface area contributed by atoms with E-state index in [1.54, 1.807) is 18.2 Å². The lowest BCUT2D eigenvalue weighted by molar-refractivity contribution is -0.116. The molecule has 0 aliphatic carbocycles. The molecule has 1 aliphatic rings. The number of fused-ring (bicyclic) bond motifs is 1. The van der Waals surface area contributed by atoms with Gasteiger partial charge in [-0.2, -0.15) is 0 Å². The van der Waals surface area contributed by atoms with Gasteiger partial charge in [0.05, 0.1) is 0 Å². The van der Waals surface area contributed by atoms with Gasteiger partial charge in [0.15, 0.2) is 5.72 Å². The highest BCUT2D eigenvalue weighted by Gasteiger charge is 2.45. The lowest BCUT2D eigenvalue weighted by Gasteiger charge is -2.48. The first-order valence-electron chi connectivity index (χ1n) is 12.2. The van der Waals surface area contributed by atoms with Crippen molar-refractivity contribution in [3.05, 3.63) is 90.5 Å². The molecule has 1 aliphatic heterocycles. The number of likely N-dealkylation sites (tertiary alicyclic amines) is 1. The van der Waals surface area contributed by atoms with Crippen LogP contribution in [-0.2, 0) is 5.72 Å². The summed E-state index contributed by atoms with van der Waals surface area (Å²) in [5, 5.41) is 22.2. The molecular weight excluding hydrogens is 422 g/mol. The van der Waals surface area contributed by atoms with Crippen LogP contribution in [0, 0.1) is 0 Å². The second kappa shape index (κ2) is 9.40. The number of hydrogen-bond donors (Lipinski definition) is 2. The predicted molar refractivity (Wildman–Crippen MR) is 137 cm³/mol. The number of hydrogen-bond acceptors (Lipinski definition) is 4. The zero-order chi connectivity index (χ0) is 23.5. The third kappa shape index (κ3) is 4.10. The molecule has 4 aromatic rings. The molecule has 0 saturated carbocycles. The quantitative estimate of drug-likeness (QED) is 0.329. The fourth-order valence-corrected chi connectivity index (χ4v) is 5.32. The summed E-state index contributed by atoms with van der Waals surface area (Å²) in [5.41, 5.74) is 2.57. The van der Waals surface area contributed by atoms with Gasteiger partial charge in [0.1, 0.15) is 17.2 Å². The number of benzene rings is 4. The van der Waals surface area contributed by atoms with Crippen LogP contribution < -0.4 is 4.74 Å². The molecule has 0 spiro atoms. The number of phenols is 2. The van der Waals surface area contributed by atoms with Crippen LogP contribution >= 0.6 is 0 Å². The molecule has 4 heteroatoms. The normalized spacial score (nSPS) is 18.7. The zero-order valence-corrected chi connectivity index (χ0v) is 19.6. The summed E-state index contributed by atoms with van der Waals surface area (Å²) in [6, 6.07) is 27.2. The van der Waals surface area contributed by atoms with E-state index in [1.165, 1.54) is 0 Å². The maximum Gasteiger partial charge on any atom is 0.190 e. The number of ether oxygens (including phenoxy) is 1. The Morgan fingerprint density at radius 1 is 0.853 bits per heavy atom. The van der Waals surface area contributed by atoms with Crippen molar-refractivity contribution in [2.45, 2.75) is 38.3 Å². The Labute approximate surface area is 201 Å². The van der Waals surface area contributed by atoms with E-state index < -0.39 is 5.72 Å². The van der Waals surface area contributed by atoms with E-state index in [1.807, 2.05) is 54.6 Å². The molecule has 34 heavy (non-hydrogen) atoms. The lowest BCUT2D eigenvalue weighted by atomic mass is 9.82. The number of aromatic hydroxyl groups is 2. The van der Waals surface area contributed by atoms with Gasteiger partial charge < -0.3 is 14.9 Å². The average molecular weight is 454 g/mol. The summed E-state index contributed by atoms with van der Waals surface area (Å²) in [7, 11) is 0. The molecule has 0 radical (unpaired) electrons. The van der Waals surface area contributed by atoms with Crippen molar-refractivity contribution in [1.82, 2.24) is 4.90 Å². The van der Waals surface area contributed by atoms with Crippen LogP contribution in [0.3, 0.4) is 0 Å². The van der Waals surface area contributed by atoms with Crippen LogP contribution in [-0.4, -0.2) is 28.2 Å². The third-order valence-corrected chi connectivity index (χ3v) is 6.80. The first-order chi connectivity index (χ1) is 16.6. The van der Waals surface area contributed by atoms with Crippen LogP contribution in [0.25, 0.3) is 21.9 Å². The molecule has 1 unspecified atom stereocenters. The van der Waals surface area contributed by atoms with Crippen LogP contribution in [0.4, 0.5) is 0 Å². The van der Waals surface area contributed by atoms with E-state index in [0.29, 0.717) is 0 Å². The van der Waals surface area contributed by atoms with Crippen molar-refractivity contribution in [2.24, 2.45) is 0 Å². The maximum absolute atomic E-state index is 10.2. The second-order valence-corrected chi connectivity index (χ2v) is 9.08. The number of nitrogens with zero attached hydrogens (tertiary/aromatic N) is 1. The van der Waals surface area contributed by atoms with Crippen LogP contribution in [0.5, 0.6) is 17.2 Å². The van der Waals surface area contributed by atoms with Crippen molar-refractivity contribution < 1.29 is 14.9 Å². The minimum absolute atomic E-state index is 0.247. The number of rotatable bonds is 6. The molecule has 0 aromatic heterocycles. The monoisotopic (exact) mass is 453 g/mol. The van der Waals surface area contributed by atoms with Gasteiger partial charge in [0.2, 0.25) is 0 Å². The van der Waals surface area contributed by atoms with E-state index in [-0.39, 0.29) is 11.5 Å². The number of phenolic OH excluding ortho intramolecular Hbond substituents is 2. The molecule has 1 atom stereocenters. The fraction of sp³-hybridized carbons (Fsp3) is 0.267. The highest BCUT2D eigenvalue weighted by molar-refractivity contribution is 5.93. The van der Waals surface area contributed by atoms with Crippen LogP contribution in [0.15, 0.2) is 84.9 Å². The molecule has 4 aromatic carbocycles. The van der Waals surface area contributed by atoms with Gasteiger partial charge in [-0.1, -0.05) is 55.5 Å². The molecule has 1 fully saturated rings. The largest absolute Gasteiger partial charge is 0.508 e. The number of piperidine rings is 1. The van der Waals surface area contributed by atoms with Gasteiger partial charge in [-0.05, 0) is 77.6 Å². The molecular formula is C30H31NO3. The summed E-state index contributed by atoms with van der Waals surface area (Å²) < 4.78 is 7.03. The SMILES string of the molecule is CCCN1CCCCC1(Oc1ccccc1)c1c(-c2ccc(O)cc2)ccc2cc(O)ccc12. The summed E-state index contributed by atoms with van der Waals surface area (Å²) in [6.45, 7) is 4.10. The van der Waals surface area contributed by atoms with E-state index in [0.717, 1.165) is 72.0 Å².